The monoisotopic (exact) mass is 429 g/mol. The fourth-order valence-corrected chi connectivity index (χ4v) is 5.88. The maximum Gasteiger partial charge on any atom is 0.272 e. The van der Waals surface area contributed by atoms with Crippen molar-refractivity contribution in [2.24, 2.45) is 0 Å². The van der Waals surface area contributed by atoms with Gasteiger partial charge in [0.2, 0.25) is 5.91 Å². The number of hydrogen-bond acceptors (Lipinski definition) is 5. The Morgan fingerprint density at radius 2 is 1.86 bits per heavy atom. The van der Waals surface area contributed by atoms with E-state index in [9.17, 15) is 9.59 Å². The third-order valence-electron chi connectivity index (χ3n) is 5.46. The first-order valence-electron chi connectivity index (χ1n) is 10.3. The van der Waals surface area contributed by atoms with Crippen molar-refractivity contribution in [2.45, 2.75) is 61.3 Å². The van der Waals surface area contributed by atoms with Gasteiger partial charge >= 0.3 is 0 Å². The number of aromatic nitrogens is 2. The van der Waals surface area contributed by atoms with Gasteiger partial charge < -0.3 is 4.90 Å². The smallest absolute Gasteiger partial charge is 0.272 e. The van der Waals surface area contributed by atoms with Crippen LogP contribution in [0.15, 0.2) is 39.1 Å². The number of amides is 1. The van der Waals surface area contributed by atoms with E-state index in [1.165, 1.54) is 24.6 Å². The Labute approximate surface area is 180 Å². The Balaban J connectivity index is 1.64. The van der Waals surface area contributed by atoms with Gasteiger partial charge in [0, 0.05) is 24.8 Å². The van der Waals surface area contributed by atoms with Crippen molar-refractivity contribution < 1.29 is 4.79 Å². The number of aryl methyl sites for hydroxylation is 1. The van der Waals surface area contributed by atoms with Crippen LogP contribution in [0.3, 0.4) is 0 Å². The van der Waals surface area contributed by atoms with Crippen molar-refractivity contribution in [3.8, 4) is 5.69 Å². The highest BCUT2D eigenvalue weighted by Gasteiger charge is 2.27. The minimum atomic E-state index is -0.0158. The molecule has 1 unspecified atom stereocenters. The molecule has 7 heteroatoms. The van der Waals surface area contributed by atoms with E-state index in [0.717, 1.165) is 54.2 Å². The number of fused-ring (bicyclic) bond motifs is 1. The van der Waals surface area contributed by atoms with Crippen LogP contribution >= 0.6 is 23.5 Å². The van der Waals surface area contributed by atoms with Crippen molar-refractivity contribution >= 4 is 29.4 Å². The summed E-state index contributed by atoms with van der Waals surface area (Å²) in [6.45, 7) is 5.84. The molecular formula is C22H27N3O2S2. The van der Waals surface area contributed by atoms with Crippen LogP contribution in [0.4, 0.5) is 0 Å². The normalized spacial score (nSPS) is 19.1. The molecule has 0 radical (unpaired) electrons. The molecule has 29 heavy (non-hydrogen) atoms. The van der Waals surface area contributed by atoms with Crippen molar-refractivity contribution in [1.29, 1.82) is 0 Å². The van der Waals surface area contributed by atoms with E-state index in [0.29, 0.717) is 16.2 Å². The number of nitrogens with zero attached hydrogens (tertiary/aromatic N) is 3. The third-order valence-corrected chi connectivity index (χ3v) is 7.60. The van der Waals surface area contributed by atoms with Gasteiger partial charge in [0.1, 0.15) is 0 Å². The minimum Gasteiger partial charge on any atom is -0.342 e. The lowest BCUT2D eigenvalue weighted by Gasteiger charge is -2.20. The van der Waals surface area contributed by atoms with Crippen molar-refractivity contribution in [3.63, 3.8) is 0 Å². The highest BCUT2D eigenvalue weighted by Crippen LogP contribution is 2.35. The zero-order valence-corrected chi connectivity index (χ0v) is 18.7. The number of thioether (sulfide) groups is 2. The molecular weight excluding hydrogens is 402 g/mol. The van der Waals surface area contributed by atoms with Crippen molar-refractivity contribution in [1.82, 2.24) is 14.5 Å². The summed E-state index contributed by atoms with van der Waals surface area (Å²) in [5, 5.41) is 0.978. The van der Waals surface area contributed by atoms with Gasteiger partial charge in [0.15, 0.2) is 5.16 Å². The van der Waals surface area contributed by atoms with Crippen LogP contribution in [0.1, 0.15) is 43.9 Å². The number of rotatable bonds is 4. The molecule has 0 bridgehead atoms. The predicted molar refractivity (Wildman–Crippen MR) is 119 cm³/mol. The fourth-order valence-electron chi connectivity index (χ4n) is 3.86. The van der Waals surface area contributed by atoms with Gasteiger partial charge in [0.25, 0.3) is 5.56 Å². The Hall–Kier alpha value is -1.73. The zero-order chi connectivity index (χ0) is 20.4. The molecule has 1 aromatic carbocycles. The summed E-state index contributed by atoms with van der Waals surface area (Å²) in [4.78, 5) is 33.6. The first-order valence-corrected chi connectivity index (χ1v) is 12.2. The summed E-state index contributed by atoms with van der Waals surface area (Å²) in [5.41, 5.74) is 2.81. The number of carbonyl (C=O) groups is 1. The summed E-state index contributed by atoms with van der Waals surface area (Å²) in [6, 6.07) is 7.91. The second kappa shape index (κ2) is 8.96. The Morgan fingerprint density at radius 1 is 1.17 bits per heavy atom. The fraction of sp³-hybridized carbons (Fsp3) is 0.500. The summed E-state index contributed by atoms with van der Waals surface area (Å²) in [5.74, 6) is 0.463. The quantitative estimate of drug-likeness (QED) is 0.542. The predicted octanol–water partition coefficient (Wildman–Crippen LogP) is 4.07. The van der Waals surface area contributed by atoms with Gasteiger partial charge in [-0.3, -0.25) is 14.2 Å². The Kier molecular flexibility index (Phi) is 6.35. The molecule has 0 saturated carbocycles. The van der Waals surface area contributed by atoms with Gasteiger partial charge in [0.05, 0.1) is 22.0 Å². The van der Waals surface area contributed by atoms with Crippen LogP contribution < -0.4 is 5.56 Å². The summed E-state index contributed by atoms with van der Waals surface area (Å²) in [7, 11) is 0. The van der Waals surface area contributed by atoms with Crippen molar-refractivity contribution in [3.05, 3.63) is 45.9 Å². The number of hydrogen-bond donors (Lipinski definition) is 0. The van der Waals surface area contributed by atoms with Crippen LogP contribution in [0, 0.1) is 6.92 Å². The highest BCUT2D eigenvalue weighted by molar-refractivity contribution is 8.00. The molecule has 1 fully saturated rings. The molecule has 1 aromatic heterocycles. The molecule has 2 aliphatic heterocycles. The molecule has 2 aromatic rings. The highest BCUT2D eigenvalue weighted by atomic mass is 32.2. The van der Waals surface area contributed by atoms with Gasteiger partial charge in [-0.05, 0) is 31.9 Å². The lowest BCUT2D eigenvalue weighted by Crippen LogP contribution is -2.33. The van der Waals surface area contributed by atoms with Gasteiger partial charge in [-0.25, -0.2) is 4.98 Å². The van der Waals surface area contributed by atoms with Crippen LogP contribution in [0.25, 0.3) is 5.69 Å². The maximum absolute atomic E-state index is 13.3. The topological polar surface area (TPSA) is 55.2 Å². The second-order valence-corrected chi connectivity index (χ2v) is 10.3. The third kappa shape index (κ3) is 4.56. The van der Waals surface area contributed by atoms with E-state index in [2.05, 4.69) is 6.92 Å². The van der Waals surface area contributed by atoms with E-state index >= 15 is 0 Å². The maximum atomic E-state index is 13.3. The van der Waals surface area contributed by atoms with Crippen LogP contribution in [0.5, 0.6) is 0 Å². The first-order chi connectivity index (χ1) is 14.0. The van der Waals surface area contributed by atoms with Crippen LogP contribution in [-0.2, 0) is 11.2 Å². The molecule has 1 atom stereocenters. The van der Waals surface area contributed by atoms with E-state index in [1.54, 1.807) is 16.3 Å². The summed E-state index contributed by atoms with van der Waals surface area (Å²) in [6.07, 6.45) is 5.36. The molecule has 0 aliphatic carbocycles. The van der Waals surface area contributed by atoms with E-state index in [4.69, 9.17) is 4.98 Å². The average Bonchev–Trinajstić information content (AvgIpc) is 2.91. The van der Waals surface area contributed by atoms with Crippen molar-refractivity contribution in [2.75, 3.05) is 18.8 Å². The second-order valence-electron chi connectivity index (χ2n) is 7.86. The van der Waals surface area contributed by atoms with Crippen LogP contribution in [0.2, 0.25) is 0 Å². The SMILES string of the molecule is Cc1ccc(-n2c(SCC(=O)N3CCCCCC3)nc3c(c2=O)SC(C)C3)cc1. The summed E-state index contributed by atoms with van der Waals surface area (Å²) < 4.78 is 1.68. The summed E-state index contributed by atoms with van der Waals surface area (Å²) >= 11 is 2.99. The Morgan fingerprint density at radius 3 is 2.55 bits per heavy atom. The molecule has 1 amide bonds. The lowest BCUT2D eigenvalue weighted by atomic mass is 10.2. The molecule has 3 heterocycles. The number of likely N-dealkylation sites (tertiary alicyclic amines) is 1. The first kappa shape index (κ1) is 20.5. The molecule has 1 saturated heterocycles. The standard InChI is InChI=1S/C22H27N3O2S2/c1-15-7-9-17(10-8-15)25-21(27)20-18(13-16(2)29-20)23-22(25)28-14-19(26)24-11-5-3-4-6-12-24/h7-10,16H,3-6,11-14H2,1-2H3. The van der Waals surface area contributed by atoms with Gasteiger partial charge in [-0.15, -0.1) is 11.8 Å². The average molecular weight is 430 g/mol. The van der Waals surface area contributed by atoms with E-state index in [-0.39, 0.29) is 11.5 Å². The van der Waals surface area contributed by atoms with E-state index in [1.807, 2.05) is 36.1 Å². The van der Waals surface area contributed by atoms with Gasteiger partial charge in [-0.1, -0.05) is 49.2 Å². The number of benzene rings is 1. The number of carbonyl (C=O) groups excluding carboxylic acids is 1. The molecule has 5 nitrogen and oxygen atoms in total. The van der Waals surface area contributed by atoms with Gasteiger partial charge in [-0.2, -0.15) is 0 Å². The molecule has 0 N–H and O–H groups in total. The molecule has 4 rings (SSSR count). The molecule has 0 spiro atoms. The van der Waals surface area contributed by atoms with Crippen LogP contribution in [-0.4, -0.2) is 44.5 Å². The van der Waals surface area contributed by atoms with E-state index < -0.39 is 0 Å². The largest absolute Gasteiger partial charge is 0.342 e. The Bertz CT molecular complexity index is 948. The minimum absolute atomic E-state index is 0.0158. The molecule has 154 valence electrons. The molecule has 2 aliphatic rings. The lowest BCUT2D eigenvalue weighted by molar-refractivity contribution is -0.128. The zero-order valence-electron chi connectivity index (χ0n) is 17.0.